The first-order chi connectivity index (χ1) is 8.06. The average molecular weight is 234 g/mol. The largest absolute Gasteiger partial charge is 0.382 e. The molecule has 0 aromatic carbocycles. The Hall–Kier alpha value is -1.98. The van der Waals surface area contributed by atoms with Crippen molar-refractivity contribution >= 4 is 17.6 Å². The number of nitrogens with two attached hydrogens (primary N) is 1. The van der Waals surface area contributed by atoms with Gasteiger partial charge in [0.05, 0.1) is 24.6 Å². The van der Waals surface area contributed by atoms with Crippen LogP contribution in [0.2, 0.25) is 0 Å². The van der Waals surface area contributed by atoms with Crippen LogP contribution >= 0.6 is 0 Å². The number of carbonyl (C=O) groups is 2. The lowest BCUT2D eigenvalue weighted by molar-refractivity contribution is -0.150. The third-order valence-corrected chi connectivity index (χ3v) is 2.69. The van der Waals surface area contributed by atoms with Crippen LogP contribution in [-0.2, 0) is 16.1 Å². The quantitative estimate of drug-likeness (QED) is 0.745. The Kier molecular flexibility index (Phi) is 3.03. The van der Waals surface area contributed by atoms with Crippen molar-refractivity contribution in [3.63, 3.8) is 0 Å². The second-order valence-corrected chi connectivity index (χ2v) is 4.32. The number of hydrogen-bond donors (Lipinski definition) is 1. The first-order valence-corrected chi connectivity index (χ1v) is 5.46. The van der Waals surface area contributed by atoms with Crippen LogP contribution in [0.3, 0.4) is 0 Å². The van der Waals surface area contributed by atoms with Gasteiger partial charge in [0.15, 0.2) is 0 Å². The van der Waals surface area contributed by atoms with E-state index in [1.807, 2.05) is 6.92 Å². The van der Waals surface area contributed by atoms with Gasteiger partial charge in [-0.2, -0.15) is 0 Å². The number of nitrogens with zero attached hydrogens (tertiary/aromatic N) is 3. The highest BCUT2D eigenvalue weighted by Crippen LogP contribution is 2.20. The first-order valence-electron chi connectivity index (χ1n) is 5.46. The molecular formula is C11H14N4O2. The maximum Gasteiger partial charge on any atom is 0.229 e. The fourth-order valence-electron chi connectivity index (χ4n) is 1.81. The van der Waals surface area contributed by atoms with Gasteiger partial charge in [-0.05, 0) is 5.92 Å². The van der Waals surface area contributed by atoms with Gasteiger partial charge in [-0.25, -0.2) is 4.98 Å². The van der Waals surface area contributed by atoms with Crippen LogP contribution in [0.4, 0.5) is 5.82 Å². The lowest BCUT2D eigenvalue weighted by atomic mass is 9.98. The Morgan fingerprint density at radius 3 is 2.47 bits per heavy atom. The number of imide groups is 1. The molecule has 0 bridgehead atoms. The van der Waals surface area contributed by atoms with Crippen LogP contribution < -0.4 is 5.73 Å². The van der Waals surface area contributed by atoms with E-state index in [2.05, 4.69) is 9.97 Å². The van der Waals surface area contributed by atoms with Gasteiger partial charge in [0, 0.05) is 12.8 Å². The Morgan fingerprint density at radius 1 is 1.29 bits per heavy atom. The molecule has 2 amide bonds. The summed E-state index contributed by atoms with van der Waals surface area (Å²) >= 11 is 0. The summed E-state index contributed by atoms with van der Waals surface area (Å²) in [7, 11) is 0. The predicted octanol–water partition coefficient (Wildman–Crippen LogP) is 0.344. The molecule has 1 fully saturated rings. The maximum atomic E-state index is 11.7. The standard InChI is InChI=1S/C11H14N4O2/c1-7-2-10(16)15(11(17)3-7)6-8-4-14-9(12)5-13-8/h4-5,7H,2-3,6H2,1H3,(H2,12,14). The van der Waals surface area contributed by atoms with E-state index in [0.717, 1.165) is 0 Å². The predicted molar refractivity (Wildman–Crippen MR) is 60.4 cm³/mol. The fourth-order valence-corrected chi connectivity index (χ4v) is 1.81. The van der Waals surface area contributed by atoms with Gasteiger partial charge in [-0.1, -0.05) is 6.92 Å². The topological polar surface area (TPSA) is 89.2 Å². The summed E-state index contributed by atoms with van der Waals surface area (Å²) in [5.74, 6) is 0.155. The van der Waals surface area contributed by atoms with Crippen molar-refractivity contribution in [2.45, 2.75) is 26.3 Å². The normalized spacial score (nSPS) is 17.6. The molecule has 0 unspecified atom stereocenters. The minimum Gasteiger partial charge on any atom is -0.382 e. The number of anilines is 1. The van der Waals surface area contributed by atoms with E-state index in [4.69, 9.17) is 5.73 Å². The van der Waals surface area contributed by atoms with Crippen LogP contribution in [0.1, 0.15) is 25.5 Å². The van der Waals surface area contributed by atoms with Crippen molar-refractivity contribution in [3.05, 3.63) is 18.1 Å². The molecule has 0 radical (unpaired) electrons. The lowest BCUT2D eigenvalue weighted by Gasteiger charge is -2.27. The molecule has 0 atom stereocenters. The van der Waals surface area contributed by atoms with E-state index >= 15 is 0 Å². The van der Waals surface area contributed by atoms with E-state index in [1.165, 1.54) is 17.3 Å². The highest BCUT2D eigenvalue weighted by molar-refractivity contribution is 5.97. The molecule has 1 saturated heterocycles. The summed E-state index contributed by atoms with van der Waals surface area (Å²) < 4.78 is 0. The molecule has 0 saturated carbocycles. The summed E-state index contributed by atoms with van der Waals surface area (Å²) in [6.45, 7) is 2.08. The number of aromatic nitrogens is 2. The summed E-state index contributed by atoms with van der Waals surface area (Å²) in [5, 5.41) is 0. The zero-order valence-electron chi connectivity index (χ0n) is 9.59. The van der Waals surface area contributed by atoms with E-state index in [1.54, 1.807) is 0 Å². The summed E-state index contributed by atoms with van der Waals surface area (Å²) in [4.78, 5) is 32.6. The third-order valence-electron chi connectivity index (χ3n) is 2.69. The fraction of sp³-hybridized carbons (Fsp3) is 0.455. The van der Waals surface area contributed by atoms with Crippen LogP contribution in [0.15, 0.2) is 12.4 Å². The van der Waals surface area contributed by atoms with Crippen molar-refractivity contribution in [1.82, 2.24) is 14.9 Å². The second-order valence-electron chi connectivity index (χ2n) is 4.32. The van der Waals surface area contributed by atoms with Crippen molar-refractivity contribution in [2.24, 2.45) is 5.92 Å². The number of nitrogen functional groups attached to an aromatic ring is 1. The monoisotopic (exact) mass is 234 g/mol. The van der Waals surface area contributed by atoms with Crippen molar-refractivity contribution in [2.75, 3.05) is 5.73 Å². The number of hydrogen-bond acceptors (Lipinski definition) is 5. The Labute approximate surface area is 98.8 Å². The smallest absolute Gasteiger partial charge is 0.229 e. The Morgan fingerprint density at radius 2 is 1.94 bits per heavy atom. The molecule has 0 spiro atoms. The molecule has 6 heteroatoms. The zero-order chi connectivity index (χ0) is 12.4. The van der Waals surface area contributed by atoms with E-state index in [9.17, 15) is 9.59 Å². The first kappa shape index (κ1) is 11.5. The van der Waals surface area contributed by atoms with Gasteiger partial charge in [0.25, 0.3) is 0 Å². The Bertz CT molecular complexity index is 425. The minimum atomic E-state index is -0.146. The molecule has 17 heavy (non-hydrogen) atoms. The molecular weight excluding hydrogens is 220 g/mol. The van der Waals surface area contributed by atoms with E-state index < -0.39 is 0 Å². The molecule has 1 aliphatic heterocycles. The second kappa shape index (κ2) is 4.48. The highest BCUT2D eigenvalue weighted by atomic mass is 16.2. The molecule has 1 aromatic rings. The number of likely N-dealkylation sites (tertiary alicyclic amines) is 1. The summed E-state index contributed by atoms with van der Waals surface area (Å²) in [5.41, 5.74) is 5.98. The van der Waals surface area contributed by atoms with Gasteiger partial charge in [-0.15, -0.1) is 0 Å². The van der Waals surface area contributed by atoms with Crippen LogP contribution in [0, 0.1) is 5.92 Å². The SMILES string of the molecule is CC1CC(=O)N(Cc2cnc(N)cn2)C(=O)C1. The van der Waals surface area contributed by atoms with Crippen LogP contribution in [0.25, 0.3) is 0 Å². The molecule has 2 rings (SSSR count). The summed E-state index contributed by atoms with van der Waals surface area (Å²) in [6, 6.07) is 0. The van der Waals surface area contributed by atoms with Gasteiger partial charge in [0.1, 0.15) is 5.82 Å². The maximum absolute atomic E-state index is 11.7. The third kappa shape index (κ3) is 2.58. The van der Waals surface area contributed by atoms with Gasteiger partial charge < -0.3 is 5.73 Å². The molecule has 1 aliphatic rings. The number of piperidine rings is 1. The molecule has 6 nitrogen and oxygen atoms in total. The van der Waals surface area contributed by atoms with Crippen LogP contribution in [0.5, 0.6) is 0 Å². The van der Waals surface area contributed by atoms with Gasteiger partial charge in [0.2, 0.25) is 11.8 Å². The van der Waals surface area contributed by atoms with E-state index in [0.29, 0.717) is 24.4 Å². The minimum absolute atomic E-state index is 0.128. The zero-order valence-corrected chi connectivity index (χ0v) is 9.59. The number of carbonyl (C=O) groups excluding carboxylic acids is 2. The summed E-state index contributed by atoms with van der Waals surface area (Å²) in [6.07, 6.45) is 3.72. The number of amides is 2. The van der Waals surface area contributed by atoms with E-state index in [-0.39, 0.29) is 24.3 Å². The molecule has 2 N–H and O–H groups in total. The van der Waals surface area contributed by atoms with Crippen molar-refractivity contribution in [1.29, 1.82) is 0 Å². The molecule has 90 valence electrons. The van der Waals surface area contributed by atoms with Gasteiger partial charge >= 0.3 is 0 Å². The number of rotatable bonds is 2. The van der Waals surface area contributed by atoms with Crippen molar-refractivity contribution in [3.8, 4) is 0 Å². The van der Waals surface area contributed by atoms with Crippen molar-refractivity contribution < 1.29 is 9.59 Å². The van der Waals surface area contributed by atoms with Gasteiger partial charge in [-0.3, -0.25) is 19.5 Å². The Balaban J connectivity index is 2.10. The average Bonchev–Trinajstić information content (AvgIpc) is 2.26. The molecule has 2 heterocycles. The molecule has 1 aromatic heterocycles. The lowest BCUT2D eigenvalue weighted by Crippen LogP contribution is -2.42. The highest BCUT2D eigenvalue weighted by Gasteiger charge is 2.30. The molecule has 0 aliphatic carbocycles. The van der Waals surface area contributed by atoms with Crippen LogP contribution in [-0.4, -0.2) is 26.7 Å².